The highest BCUT2D eigenvalue weighted by Gasteiger charge is 2.08. The Bertz CT molecular complexity index is 396. The summed E-state index contributed by atoms with van der Waals surface area (Å²) in [4.78, 5) is 0. The van der Waals surface area contributed by atoms with E-state index in [1.54, 1.807) is 0 Å². The highest BCUT2D eigenvalue weighted by atomic mass is 16.5. The lowest BCUT2D eigenvalue weighted by molar-refractivity contribution is 0.306. The van der Waals surface area contributed by atoms with E-state index in [9.17, 15) is 0 Å². The van der Waals surface area contributed by atoms with Crippen LogP contribution in [0.25, 0.3) is 0 Å². The highest BCUT2D eigenvalue weighted by Crippen LogP contribution is 2.15. The fourth-order valence-electron chi connectivity index (χ4n) is 2.49. The van der Waals surface area contributed by atoms with Gasteiger partial charge in [0, 0.05) is 12.6 Å². The molecule has 0 fully saturated rings. The van der Waals surface area contributed by atoms with Gasteiger partial charge in [0.1, 0.15) is 5.75 Å². The Morgan fingerprint density at radius 2 is 2.00 bits per heavy atom. The first-order chi connectivity index (χ1) is 9.88. The third-order valence-corrected chi connectivity index (χ3v) is 3.80. The Hall–Kier alpha value is -1.28. The molecule has 0 aromatic heterocycles. The SMILES string of the molecule is CCCCCOc1ccc(CNC2CC=CCC2)cc1. The maximum atomic E-state index is 5.73. The number of nitrogens with one attached hydrogen (secondary N) is 1. The van der Waals surface area contributed by atoms with Gasteiger partial charge in [0.05, 0.1) is 6.61 Å². The number of rotatable bonds is 8. The summed E-state index contributed by atoms with van der Waals surface area (Å²) in [6.45, 7) is 4.00. The fourth-order valence-corrected chi connectivity index (χ4v) is 2.49. The van der Waals surface area contributed by atoms with Gasteiger partial charge in [-0.15, -0.1) is 0 Å². The van der Waals surface area contributed by atoms with Crippen LogP contribution in [-0.2, 0) is 6.54 Å². The predicted molar refractivity (Wildman–Crippen MR) is 85.1 cm³/mol. The summed E-state index contributed by atoms with van der Waals surface area (Å²) in [5.41, 5.74) is 1.33. The lowest BCUT2D eigenvalue weighted by Gasteiger charge is -2.19. The van der Waals surface area contributed by atoms with Crippen LogP contribution in [0.5, 0.6) is 5.75 Å². The van der Waals surface area contributed by atoms with E-state index in [1.165, 1.54) is 37.7 Å². The van der Waals surface area contributed by atoms with Gasteiger partial charge in [-0.05, 0) is 43.4 Å². The minimum Gasteiger partial charge on any atom is -0.494 e. The van der Waals surface area contributed by atoms with Crippen molar-refractivity contribution in [3.63, 3.8) is 0 Å². The molecule has 0 saturated carbocycles. The summed E-state index contributed by atoms with van der Waals surface area (Å²) in [5, 5.41) is 3.63. The van der Waals surface area contributed by atoms with Crippen LogP contribution in [0.4, 0.5) is 0 Å². The van der Waals surface area contributed by atoms with Crippen molar-refractivity contribution in [3.8, 4) is 5.75 Å². The van der Waals surface area contributed by atoms with Gasteiger partial charge in [-0.2, -0.15) is 0 Å². The minimum absolute atomic E-state index is 0.643. The standard InChI is InChI=1S/C18H27NO/c1-2-3-7-14-20-18-12-10-16(11-13-18)15-19-17-8-5-4-6-9-17/h4-5,10-13,17,19H,2-3,6-9,14-15H2,1H3. The van der Waals surface area contributed by atoms with Crippen molar-refractivity contribution in [2.45, 2.75) is 58.0 Å². The second kappa shape index (κ2) is 8.80. The molecule has 20 heavy (non-hydrogen) atoms. The molecule has 0 bridgehead atoms. The summed E-state index contributed by atoms with van der Waals surface area (Å²) in [7, 11) is 0. The van der Waals surface area contributed by atoms with Crippen LogP contribution in [0, 0.1) is 0 Å². The van der Waals surface area contributed by atoms with Crippen LogP contribution in [0.1, 0.15) is 51.0 Å². The molecule has 1 aliphatic carbocycles. The molecule has 0 radical (unpaired) electrons. The largest absolute Gasteiger partial charge is 0.494 e. The number of hydrogen-bond acceptors (Lipinski definition) is 2. The molecule has 1 aromatic rings. The van der Waals surface area contributed by atoms with Crippen molar-refractivity contribution in [2.24, 2.45) is 0 Å². The lowest BCUT2D eigenvalue weighted by Crippen LogP contribution is -2.29. The van der Waals surface area contributed by atoms with Crippen molar-refractivity contribution in [2.75, 3.05) is 6.61 Å². The summed E-state index contributed by atoms with van der Waals surface area (Å²) >= 11 is 0. The molecule has 2 nitrogen and oxygen atoms in total. The minimum atomic E-state index is 0.643. The lowest BCUT2D eigenvalue weighted by atomic mass is 10.0. The zero-order chi connectivity index (χ0) is 14.0. The quantitative estimate of drug-likeness (QED) is 0.558. The summed E-state index contributed by atoms with van der Waals surface area (Å²) in [6, 6.07) is 9.15. The maximum Gasteiger partial charge on any atom is 0.119 e. The summed E-state index contributed by atoms with van der Waals surface area (Å²) < 4.78 is 5.73. The Morgan fingerprint density at radius 3 is 2.70 bits per heavy atom. The topological polar surface area (TPSA) is 21.3 Å². The van der Waals surface area contributed by atoms with Crippen molar-refractivity contribution in [1.82, 2.24) is 5.32 Å². The molecule has 1 N–H and O–H groups in total. The molecule has 2 rings (SSSR count). The monoisotopic (exact) mass is 273 g/mol. The number of allylic oxidation sites excluding steroid dienone is 1. The predicted octanol–water partition coefficient (Wildman–Crippen LogP) is 4.45. The van der Waals surface area contributed by atoms with E-state index >= 15 is 0 Å². The first-order valence-electron chi connectivity index (χ1n) is 7.98. The van der Waals surface area contributed by atoms with Gasteiger partial charge in [-0.25, -0.2) is 0 Å². The molecular weight excluding hydrogens is 246 g/mol. The van der Waals surface area contributed by atoms with E-state index in [0.717, 1.165) is 25.3 Å². The molecule has 1 atom stereocenters. The molecule has 0 spiro atoms. The van der Waals surface area contributed by atoms with Gasteiger partial charge in [-0.1, -0.05) is 44.1 Å². The van der Waals surface area contributed by atoms with E-state index in [4.69, 9.17) is 4.74 Å². The van der Waals surface area contributed by atoms with Crippen LogP contribution < -0.4 is 10.1 Å². The van der Waals surface area contributed by atoms with E-state index in [0.29, 0.717) is 6.04 Å². The Morgan fingerprint density at radius 1 is 1.15 bits per heavy atom. The molecule has 110 valence electrons. The molecule has 0 aliphatic heterocycles. The molecule has 1 aromatic carbocycles. The summed E-state index contributed by atoms with van der Waals surface area (Å²) in [6.07, 6.45) is 11.8. The fraction of sp³-hybridized carbons (Fsp3) is 0.556. The molecule has 0 saturated heterocycles. The van der Waals surface area contributed by atoms with Crippen molar-refractivity contribution >= 4 is 0 Å². The van der Waals surface area contributed by atoms with Gasteiger partial charge >= 0.3 is 0 Å². The second-order valence-electron chi connectivity index (χ2n) is 5.56. The van der Waals surface area contributed by atoms with Gasteiger partial charge in [0.25, 0.3) is 0 Å². The molecule has 1 aliphatic rings. The van der Waals surface area contributed by atoms with E-state index in [1.807, 2.05) is 0 Å². The summed E-state index contributed by atoms with van der Waals surface area (Å²) in [5.74, 6) is 0.991. The highest BCUT2D eigenvalue weighted by molar-refractivity contribution is 5.27. The molecular formula is C18H27NO. The average Bonchev–Trinajstić information content (AvgIpc) is 2.52. The van der Waals surface area contributed by atoms with Crippen LogP contribution in [0.2, 0.25) is 0 Å². The normalized spacial score (nSPS) is 18.1. The number of unbranched alkanes of at least 4 members (excludes halogenated alkanes) is 2. The zero-order valence-corrected chi connectivity index (χ0v) is 12.6. The molecule has 0 heterocycles. The first-order valence-corrected chi connectivity index (χ1v) is 7.98. The van der Waals surface area contributed by atoms with Crippen molar-refractivity contribution in [1.29, 1.82) is 0 Å². The van der Waals surface area contributed by atoms with Crippen molar-refractivity contribution in [3.05, 3.63) is 42.0 Å². The van der Waals surface area contributed by atoms with E-state index < -0.39 is 0 Å². The van der Waals surface area contributed by atoms with E-state index in [-0.39, 0.29) is 0 Å². The van der Waals surface area contributed by atoms with Crippen molar-refractivity contribution < 1.29 is 4.74 Å². The number of ether oxygens (including phenoxy) is 1. The second-order valence-corrected chi connectivity index (χ2v) is 5.56. The third kappa shape index (κ3) is 5.38. The Labute approximate surface area is 123 Å². The number of benzene rings is 1. The van der Waals surface area contributed by atoms with Gasteiger partial charge < -0.3 is 10.1 Å². The zero-order valence-electron chi connectivity index (χ0n) is 12.6. The van der Waals surface area contributed by atoms with Crippen LogP contribution in [0.3, 0.4) is 0 Å². The maximum absolute atomic E-state index is 5.73. The van der Waals surface area contributed by atoms with Gasteiger partial charge in [0.2, 0.25) is 0 Å². The van der Waals surface area contributed by atoms with Crippen LogP contribution >= 0.6 is 0 Å². The molecule has 2 heteroatoms. The van der Waals surface area contributed by atoms with E-state index in [2.05, 4.69) is 48.7 Å². The Kier molecular flexibility index (Phi) is 6.65. The van der Waals surface area contributed by atoms with Gasteiger partial charge in [0.15, 0.2) is 0 Å². The Balaban J connectivity index is 1.69. The third-order valence-electron chi connectivity index (χ3n) is 3.80. The average molecular weight is 273 g/mol. The van der Waals surface area contributed by atoms with Gasteiger partial charge in [-0.3, -0.25) is 0 Å². The van der Waals surface area contributed by atoms with Crippen LogP contribution in [0.15, 0.2) is 36.4 Å². The smallest absolute Gasteiger partial charge is 0.119 e. The van der Waals surface area contributed by atoms with Crippen LogP contribution in [-0.4, -0.2) is 12.6 Å². The molecule has 0 amide bonds. The number of hydrogen-bond donors (Lipinski definition) is 1. The first kappa shape index (κ1) is 15.1. The molecule has 1 unspecified atom stereocenters.